The Kier molecular flexibility index (Phi) is 4.30. The number of nitrogens with zero attached hydrogens (tertiary/aromatic N) is 2. The van der Waals surface area contributed by atoms with Crippen molar-refractivity contribution in [3.8, 4) is 0 Å². The van der Waals surface area contributed by atoms with Crippen molar-refractivity contribution in [2.75, 3.05) is 33.4 Å². The zero-order valence-electron chi connectivity index (χ0n) is 10.2. The molecule has 0 radical (unpaired) electrons. The van der Waals surface area contributed by atoms with Crippen molar-refractivity contribution < 1.29 is 9.53 Å². The second kappa shape index (κ2) is 5.09. The summed E-state index contributed by atoms with van der Waals surface area (Å²) < 4.78 is 7.19. The van der Waals surface area contributed by atoms with Gasteiger partial charge in [0.25, 0.3) is 0 Å². The maximum Gasteiger partial charge on any atom is 0.306 e. The average molecular weight is 230 g/mol. The zero-order valence-corrected chi connectivity index (χ0v) is 11.2. The first kappa shape index (κ1) is 12.7. The minimum Gasteiger partial charge on any atom is -0.469 e. The van der Waals surface area contributed by atoms with Gasteiger partial charge in [-0.3, -0.25) is 9.69 Å². The molecule has 88 valence electrons. The molecule has 0 spiro atoms. The summed E-state index contributed by atoms with van der Waals surface area (Å²) in [5, 5.41) is 0. The highest BCUT2D eigenvalue weighted by Crippen LogP contribution is 2.15. The van der Waals surface area contributed by atoms with Gasteiger partial charge >= 0.3 is 5.97 Å². The number of ether oxygens (including phenoxy) is 1. The van der Waals surface area contributed by atoms with Gasteiger partial charge in [-0.25, -0.2) is 0 Å². The zero-order chi connectivity index (χ0) is 11.5. The largest absolute Gasteiger partial charge is 0.469 e. The van der Waals surface area contributed by atoms with Gasteiger partial charge in [-0.2, -0.15) is 0 Å². The molecular formula is C10H22N2O2Si. The Balaban J connectivity index is 2.28. The normalized spacial score (nSPS) is 19.5. The first-order valence-corrected chi connectivity index (χ1v) is 8.92. The third-order valence-corrected chi connectivity index (χ3v) is 5.13. The molecule has 4 nitrogen and oxygen atoms in total. The Hall–Kier alpha value is -0.393. The van der Waals surface area contributed by atoms with Crippen LogP contribution in [0.15, 0.2) is 0 Å². The van der Waals surface area contributed by atoms with Crippen molar-refractivity contribution in [1.29, 1.82) is 0 Å². The maximum absolute atomic E-state index is 11.0. The molecule has 1 aliphatic rings. The number of carbonyl (C=O) groups is 1. The van der Waals surface area contributed by atoms with Crippen molar-refractivity contribution in [1.82, 2.24) is 9.47 Å². The molecule has 0 N–H and O–H groups in total. The fourth-order valence-corrected chi connectivity index (χ4v) is 3.12. The topological polar surface area (TPSA) is 32.8 Å². The van der Waals surface area contributed by atoms with Gasteiger partial charge in [-0.05, 0) is 0 Å². The lowest BCUT2D eigenvalue weighted by atomic mass is 10.4. The standard InChI is InChI=1S/C10H22N2O2Si/c1-14-10(13)5-6-11-7-8-12(9-11)15(2,3)4/h5-9H2,1-4H3. The molecule has 1 heterocycles. The second-order valence-electron chi connectivity index (χ2n) is 5.02. The summed E-state index contributed by atoms with van der Waals surface area (Å²) >= 11 is 0. The van der Waals surface area contributed by atoms with E-state index in [1.165, 1.54) is 7.11 Å². The molecule has 0 aromatic carbocycles. The second-order valence-corrected chi connectivity index (χ2v) is 9.99. The van der Waals surface area contributed by atoms with Gasteiger partial charge in [0.1, 0.15) is 8.24 Å². The van der Waals surface area contributed by atoms with Gasteiger partial charge in [0.2, 0.25) is 0 Å². The van der Waals surface area contributed by atoms with Crippen molar-refractivity contribution in [3.05, 3.63) is 0 Å². The fraction of sp³-hybridized carbons (Fsp3) is 0.900. The molecule has 0 bridgehead atoms. The third kappa shape index (κ3) is 3.93. The first-order chi connectivity index (χ1) is 6.93. The highest BCUT2D eigenvalue weighted by atomic mass is 28.3. The summed E-state index contributed by atoms with van der Waals surface area (Å²) in [6.45, 7) is 11.2. The summed E-state index contributed by atoms with van der Waals surface area (Å²) in [4.78, 5) is 13.3. The minimum atomic E-state index is -1.15. The van der Waals surface area contributed by atoms with Crippen LogP contribution in [-0.4, -0.2) is 57.1 Å². The predicted octanol–water partition coefficient (Wildman–Crippen LogP) is 0.959. The Morgan fingerprint density at radius 1 is 1.33 bits per heavy atom. The predicted molar refractivity (Wildman–Crippen MR) is 63.1 cm³/mol. The molecule has 1 fully saturated rings. The van der Waals surface area contributed by atoms with Crippen LogP contribution in [-0.2, 0) is 9.53 Å². The van der Waals surface area contributed by atoms with Crippen LogP contribution in [0, 0.1) is 0 Å². The van der Waals surface area contributed by atoms with E-state index in [0.29, 0.717) is 6.42 Å². The number of esters is 1. The van der Waals surface area contributed by atoms with Gasteiger partial charge in [0, 0.05) is 26.3 Å². The maximum atomic E-state index is 11.0. The van der Waals surface area contributed by atoms with Gasteiger partial charge in [-0.15, -0.1) is 0 Å². The highest BCUT2D eigenvalue weighted by molar-refractivity contribution is 6.73. The molecule has 0 aromatic rings. The monoisotopic (exact) mass is 230 g/mol. The Labute approximate surface area is 93.3 Å². The van der Waals surface area contributed by atoms with Crippen LogP contribution < -0.4 is 0 Å². The number of hydrogen-bond acceptors (Lipinski definition) is 4. The smallest absolute Gasteiger partial charge is 0.306 e. The molecule has 0 aliphatic carbocycles. The van der Waals surface area contributed by atoms with Gasteiger partial charge in [0.15, 0.2) is 0 Å². The lowest BCUT2D eigenvalue weighted by Crippen LogP contribution is -2.45. The molecule has 0 aromatic heterocycles. The van der Waals surface area contributed by atoms with Gasteiger partial charge in [-0.1, -0.05) is 19.6 Å². The molecule has 0 saturated carbocycles. The molecule has 15 heavy (non-hydrogen) atoms. The van der Waals surface area contributed by atoms with E-state index in [1.54, 1.807) is 0 Å². The molecule has 0 unspecified atom stereocenters. The Bertz CT molecular complexity index is 228. The van der Waals surface area contributed by atoms with E-state index in [-0.39, 0.29) is 5.97 Å². The van der Waals surface area contributed by atoms with E-state index in [9.17, 15) is 4.79 Å². The molecule has 1 aliphatic heterocycles. The SMILES string of the molecule is COC(=O)CCN1CCN([Si](C)(C)C)C1. The Morgan fingerprint density at radius 2 is 2.00 bits per heavy atom. The summed E-state index contributed by atoms with van der Waals surface area (Å²) in [6, 6.07) is 0. The van der Waals surface area contributed by atoms with E-state index >= 15 is 0 Å². The molecule has 5 heteroatoms. The fourth-order valence-electron chi connectivity index (χ4n) is 1.73. The summed E-state index contributed by atoms with van der Waals surface area (Å²) in [5.74, 6) is -0.110. The molecular weight excluding hydrogens is 208 g/mol. The van der Waals surface area contributed by atoms with Crippen LogP contribution in [0.3, 0.4) is 0 Å². The van der Waals surface area contributed by atoms with Crippen LogP contribution in [0.5, 0.6) is 0 Å². The summed E-state index contributed by atoms with van der Waals surface area (Å²) in [7, 11) is 0.290. The van der Waals surface area contributed by atoms with E-state index in [1.807, 2.05) is 0 Å². The lowest BCUT2D eigenvalue weighted by molar-refractivity contribution is -0.140. The summed E-state index contributed by atoms with van der Waals surface area (Å²) in [6.07, 6.45) is 0.510. The number of methoxy groups -OCH3 is 1. The quantitative estimate of drug-likeness (QED) is 0.532. The van der Waals surface area contributed by atoms with Gasteiger partial charge < -0.3 is 9.30 Å². The van der Waals surface area contributed by atoms with Crippen LogP contribution in [0.4, 0.5) is 0 Å². The highest BCUT2D eigenvalue weighted by Gasteiger charge is 2.30. The van der Waals surface area contributed by atoms with E-state index in [2.05, 4.69) is 33.8 Å². The molecule has 1 saturated heterocycles. The molecule has 0 amide bonds. The summed E-state index contributed by atoms with van der Waals surface area (Å²) in [5.41, 5.74) is 0. The lowest BCUT2D eigenvalue weighted by Gasteiger charge is -2.29. The Morgan fingerprint density at radius 3 is 2.47 bits per heavy atom. The van der Waals surface area contributed by atoms with Crippen LogP contribution in [0.1, 0.15) is 6.42 Å². The van der Waals surface area contributed by atoms with Crippen molar-refractivity contribution in [2.24, 2.45) is 0 Å². The average Bonchev–Trinajstić information content (AvgIpc) is 2.61. The minimum absolute atomic E-state index is 0.110. The van der Waals surface area contributed by atoms with Crippen molar-refractivity contribution in [2.45, 2.75) is 26.1 Å². The molecule has 0 atom stereocenters. The van der Waals surface area contributed by atoms with Crippen molar-refractivity contribution >= 4 is 14.2 Å². The number of rotatable bonds is 4. The van der Waals surface area contributed by atoms with Crippen LogP contribution in [0.2, 0.25) is 19.6 Å². The van der Waals surface area contributed by atoms with Crippen molar-refractivity contribution in [3.63, 3.8) is 0 Å². The van der Waals surface area contributed by atoms with E-state index in [4.69, 9.17) is 0 Å². The van der Waals surface area contributed by atoms with E-state index < -0.39 is 8.24 Å². The number of hydrogen-bond donors (Lipinski definition) is 0. The van der Waals surface area contributed by atoms with Gasteiger partial charge in [0.05, 0.1) is 13.5 Å². The third-order valence-electron chi connectivity index (χ3n) is 2.87. The van der Waals surface area contributed by atoms with Crippen LogP contribution in [0.25, 0.3) is 0 Å². The van der Waals surface area contributed by atoms with Crippen LogP contribution >= 0.6 is 0 Å². The van der Waals surface area contributed by atoms with E-state index in [0.717, 1.165) is 26.3 Å². The number of carbonyl (C=O) groups excluding carboxylic acids is 1. The first-order valence-electron chi connectivity index (χ1n) is 5.47. The molecule has 1 rings (SSSR count).